The summed E-state index contributed by atoms with van der Waals surface area (Å²) in [6.07, 6.45) is 8.49. The third kappa shape index (κ3) is 2.44. The van der Waals surface area contributed by atoms with E-state index < -0.39 is 0 Å². The molecule has 3 heteroatoms. The summed E-state index contributed by atoms with van der Waals surface area (Å²) in [6.45, 7) is 0. The Morgan fingerprint density at radius 2 is 2.00 bits per heavy atom. The minimum absolute atomic E-state index is 0.159. The van der Waals surface area contributed by atoms with Gasteiger partial charge in [-0.1, -0.05) is 6.42 Å². The van der Waals surface area contributed by atoms with Gasteiger partial charge in [0.1, 0.15) is 0 Å². The first-order valence-electron chi connectivity index (χ1n) is 4.28. The largest absolute Gasteiger partial charge is 0.389 e. The van der Waals surface area contributed by atoms with E-state index in [9.17, 15) is 5.11 Å². The number of aliphatic hydroxyl groups excluding tert-OH is 1. The van der Waals surface area contributed by atoms with Gasteiger partial charge in [0.05, 0.1) is 6.10 Å². The molecule has 0 radical (unpaired) electrons. The molecule has 1 aliphatic rings. The number of aliphatic hydroxyl groups is 1. The van der Waals surface area contributed by atoms with Crippen molar-refractivity contribution >= 4 is 23.5 Å². The predicted octanol–water partition coefficient (Wildman–Crippen LogP) is 2.86. The van der Waals surface area contributed by atoms with Gasteiger partial charge >= 0.3 is 0 Å². The second kappa shape index (κ2) is 5.20. The molecule has 12 heavy (non-hydrogen) atoms. The van der Waals surface area contributed by atoms with Crippen LogP contribution in [0.25, 0.3) is 0 Å². The Kier molecular flexibility index (Phi) is 4.54. The van der Waals surface area contributed by atoms with Crippen LogP contribution in [0.5, 0.6) is 0 Å². The molecule has 0 saturated heterocycles. The van der Waals surface area contributed by atoms with Gasteiger partial charge in [0.25, 0.3) is 0 Å². The van der Waals surface area contributed by atoms with Crippen molar-refractivity contribution in [1.82, 2.24) is 0 Å². The second-order valence-electron chi connectivity index (χ2n) is 2.98. The van der Waals surface area contributed by atoms with E-state index in [0.29, 0.717) is 0 Å². The summed E-state index contributed by atoms with van der Waals surface area (Å²) >= 11 is 3.53. The summed E-state index contributed by atoms with van der Waals surface area (Å²) in [5, 5.41) is 9.72. The Morgan fingerprint density at radius 3 is 2.50 bits per heavy atom. The van der Waals surface area contributed by atoms with Gasteiger partial charge in [-0.15, -0.1) is 23.5 Å². The summed E-state index contributed by atoms with van der Waals surface area (Å²) in [5.41, 5.74) is 1.28. The van der Waals surface area contributed by atoms with Crippen LogP contribution in [-0.4, -0.2) is 23.7 Å². The lowest BCUT2D eigenvalue weighted by Crippen LogP contribution is -2.15. The highest BCUT2D eigenvalue weighted by atomic mass is 32.2. The van der Waals surface area contributed by atoms with Crippen molar-refractivity contribution in [2.75, 3.05) is 12.5 Å². The van der Waals surface area contributed by atoms with Crippen molar-refractivity contribution in [3.8, 4) is 0 Å². The summed E-state index contributed by atoms with van der Waals surface area (Å²) in [6, 6.07) is 0. The molecular formula is C9H16OS2. The molecule has 1 aliphatic carbocycles. The monoisotopic (exact) mass is 204 g/mol. The summed E-state index contributed by atoms with van der Waals surface area (Å²) in [5.74, 6) is 0. The fraction of sp³-hybridized carbons (Fsp3) is 0.778. The van der Waals surface area contributed by atoms with Gasteiger partial charge in [-0.2, -0.15) is 0 Å². The zero-order chi connectivity index (χ0) is 8.97. The lowest BCUT2D eigenvalue weighted by Gasteiger charge is -2.22. The Bertz CT molecular complexity index is 171. The second-order valence-corrected chi connectivity index (χ2v) is 4.87. The number of thioether (sulfide) groups is 2. The highest BCUT2D eigenvalue weighted by Crippen LogP contribution is 2.35. The predicted molar refractivity (Wildman–Crippen MR) is 58.5 cm³/mol. The number of hydrogen-bond donors (Lipinski definition) is 1. The average Bonchev–Trinajstić information content (AvgIpc) is 2.10. The van der Waals surface area contributed by atoms with Crippen molar-refractivity contribution in [3.05, 3.63) is 9.81 Å². The molecule has 0 heterocycles. The van der Waals surface area contributed by atoms with Crippen LogP contribution in [0.15, 0.2) is 9.81 Å². The smallest absolute Gasteiger partial charge is 0.0768 e. The van der Waals surface area contributed by atoms with E-state index in [1.54, 1.807) is 23.5 Å². The van der Waals surface area contributed by atoms with E-state index in [-0.39, 0.29) is 6.10 Å². The van der Waals surface area contributed by atoms with Crippen LogP contribution < -0.4 is 0 Å². The molecule has 1 rings (SSSR count). The van der Waals surface area contributed by atoms with Crippen LogP contribution in [-0.2, 0) is 0 Å². The first-order chi connectivity index (χ1) is 5.79. The molecule has 1 nitrogen and oxygen atoms in total. The highest BCUT2D eigenvalue weighted by Gasteiger charge is 2.19. The molecule has 1 saturated carbocycles. The SMILES string of the molecule is CSC(SC)=C1CCCCC1O. The third-order valence-corrected chi connectivity index (χ3v) is 4.47. The quantitative estimate of drug-likeness (QED) is 0.747. The molecule has 0 amide bonds. The molecule has 0 aliphatic heterocycles. The van der Waals surface area contributed by atoms with Crippen LogP contribution in [0.2, 0.25) is 0 Å². The minimum Gasteiger partial charge on any atom is -0.389 e. The summed E-state index contributed by atoms with van der Waals surface area (Å²) < 4.78 is 1.32. The molecule has 0 bridgehead atoms. The van der Waals surface area contributed by atoms with Gasteiger partial charge < -0.3 is 5.11 Å². The fourth-order valence-corrected chi connectivity index (χ4v) is 3.24. The lowest BCUT2D eigenvalue weighted by molar-refractivity contribution is 0.178. The van der Waals surface area contributed by atoms with Crippen LogP contribution in [0.4, 0.5) is 0 Å². The topological polar surface area (TPSA) is 20.2 Å². The number of rotatable bonds is 2. The molecule has 0 aromatic rings. The van der Waals surface area contributed by atoms with Gasteiger partial charge in [-0.3, -0.25) is 0 Å². The Morgan fingerprint density at radius 1 is 1.33 bits per heavy atom. The van der Waals surface area contributed by atoms with Crippen LogP contribution in [0.3, 0.4) is 0 Å². The lowest BCUT2D eigenvalue weighted by atomic mass is 9.93. The van der Waals surface area contributed by atoms with Crippen molar-refractivity contribution in [3.63, 3.8) is 0 Å². The highest BCUT2D eigenvalue weighted by molar-refractivity contribution is 8.21. The average molecular weight is 204 g/mol. The molecule has 1 atom stereocenters. The van der Waals surface area contributed by atoms with Crippen molar-refractivity contribution in [1.29, 1.82) is 0 Å². The maximum Gasteiger partial charge on any atom is 0.0768 e. The van der Waals surface area contributed by atoms with E-state index >= 15 is 0 Å². The standard InChI is InChI=1S/C9H16OS2/c1-11-9(12-2)7-5-3-4-6-8(7)10/h8,10H,3-6H2,1-2H3. The van der Waals surface area contributed by atoms with Crippen molar-refractivity contribution in [2.24, 2.45) is 0 Å². The Hall–Kier alpha value is 0.400. The first-order valence-corrected chi connectivity index (χ1v) is 6.73. The number of hydrogen-bond acceptors (Lipinski definition) is 3. The fourth-order valence-electron chi connectivity index (χ4n) is 1.58. The Balaban J connectivity index is 2.73. The third-order valence-electron chi connectivity index (χ3n) is 2.21. The molecule has 70 valence electrons. The van der Waals surface area contributed by atoms with E-state index in [1.165, 1.54) is 22.7 Å². The molecule has 1 unspecified atom stereocenters. The van der Waals surface area contributed by atoms with E-state index in [0.717, 1.165) is 12.8 Å². The molecule has 0 spiro atoms. The zero-order valence-corrected chi connectivity index (χ0v) is 9.30. The van der Waals surface area contributed by atoms with E-state index in [1.807, 2.05) is 0 Å². The van der Waals surface area contributed by atoms with Crippen molar-refractivity contribution in [2.45, 2.75) is 31.8 Å². The van der Waals surface area contributed by atoms with E-state index in [2.05, 4.69) is 12.5 Å². The van der Waals surface area contributed by atoms with Crippen LogP contribution in [0.1, 0.15) is 25.7 Å². The minimum atomic E-state index is -0.159. The van der Waals surface area contributed by atoms with Gasteiger partial charge in [-0.05, 0) is 37.3 Å². The maximum atomic E-state index is 9.72. The van der Waals surface area contributed by atoms with Gasteiger partial charge in [-0.25, -0.2) is 0 Å². The van der Waals surface area contributed by atoms with Gasteiger partial charge in [0.2, 0.25) is 0 Å². The molecular weight excluding hydrogens is 188 g/mol. The first kappa shape index (κ1) is 10.5. The van der Waals surface area contributed by atoms with Crippen molar-refractivity contribution < 1.29 is 5.11 Å². The summed E-state index contributed by atoms with van der Waals surface area (Å²) in [4.78, 5) is 0. The molecule has 1 fully saturated rings. The molecule has 0 aromatic carbocycles. The summed E-state index contributed by atoms with van der Waals surface area (Å²) in [7, 11) is 0. The zero-order valence-electron chi connectivity index (χ0n) is 7.67. The normalized spacial score (nSPS) is 24.2. The van der Waals surface area contributed by atoms with Gasteiger partial charge in [0, 0.05) is 4.24 Å². The van der Waals surface area contributed by atoms with Crippen LogP contribution >= 0.6 is 23.5 Å². The van der Waals surface area contributed by atoms with E-state index in [4.69, 9.17) is 0 Å². The van der Waals surface area contributed by atoms with Gasteiger partial charge in [0.15, 0.2) is 0 Å². The maximum absolute atomic E-state index is 9.72. The van der Waals surface area contributed by atoms with Crippen LogP contribution in [0, 0.1) is 0 Å². The Labute approximate surface area is 83.0 Å². The molecule has 0 aromatic heterocycles. The molecule has 1 N–H and O–H groups in total.